The van der Waals surface area contributed by atoms with Crippen LogP contribution in [-0.4, -0.2) is 44.9 Å². The molecule has 0 bridgehead atoms. The van der Waals surface area contributed by atoms with Gasteiger partial charge in [-0.25, -0.2) is 8.42 Å². The first-order chi connectivity index (χ1) is 10.9. The number of halogens is 2. The summed E-state index contributed by atoms with van der Waals surface area (Å²) in [5.41, 5.74) is 6.99. The summed E-state index contributed by atoms with van der Waals surface area (Å²) >= 11 is 4.28. The zero-order chi connectivity index (χ0) is 18.7. The quantitative estimate of drug-likeness (QED) is 0.413. The van der Waals surface area contributed by atoms with Crippen molar-refractivity contribution in [3.05, 3.63) is 27.1 Å². The zero-order valence-electron chi connectivity index (χ0n) is 12.9. The number of nitrogens with two attached hydrogens (primary N) is 1. The number of hydrogen-bond acceptors (Lipinski definition) is 7. The maximum atomic E-state index is 11.8. The van der Waals surface area contributed by atoms with Crippen LogP contribution in [0.4, 0.5) is 10.5 Å². The number of carbonyl (C=O) groups is 2. The minimum atomic E-state index is -3.19. The van der Waals surface area contributed by atoms with E-state index in [1.165, 1.54) is 14.2 Å². The average molecular weight is 458 g/mol. The first kappa shape index (κ1) is 20.8. The number of thioether (sulfide) groups is 1. The molecule has 1 heterocycles. The Morgan fingerprint density at radius 2 is 1.92 bits per heavy atom. The maximum Gasteiger partial charge on any atom is 0.293 e. The predicted octanol–water partition coefficient (Wildman–Crippen LogP) is 2.89. The molecule has 0 spiro atoms. The van der Waals surface area contributed by atoms with Gasteiger partial charge in [-0.15, -0.1) is 0 Å². The van der Waals surface area contributed by atoms with E-state index in [0.29, 0.717) is 16.3 Å². The van der Waals surface area contributed by atoms with Crippen molar-refractivity contribution in [3.63, 3.8) is 0 Å². The molecule has 1 aromatic rings. The third-order valence-electron chi connectivity index (χ3n) is 2.62. The third-order valence-corrected chi connectivity index (χ3v) is 4.27. The first-order valence-electron chi connectivity index (χ1n) is 6.18. The molecule has 24 heavy (non-hydrogen) atoms. The lowest BCUT2D eigenvalue weighted by Gasteiger charge is -2.08. The number of amides is 2. The van der Waals surface area contributed by atoms with Gasteiger partial charge in [-0.2, -0.15) is 0 Å². The summed E-state index contributed by atoms with van der Waals surface area (Å²) in [6, 6.07) is 3.41. The van der Waals surface area contributed by atoms with Gasteiger partial charge in [0.05, 0.1) is 24.0 Å². The SMILES string of the molecule is COc1cc(/C=C2\SC(=O)N(C)C2=O)c(Br)cc1N.CS(=O)(=O)Cl. The molecule has 132 valence electrons. The Hall–Kier alpha value is -1.23. The van der Waals surface area contributed by atoms with Gasteiger partial charge in [-0.05, 0) is 35.5 Å². The van der Waals surface area contributed by atoms with Gasteiger partial charge < -0.3 is 10.5 Å². The second-order valence-electron chi connectivity index (χ2n) is 4.54. The molecule has 0 radical (unpaired) electrons. The van der Waals surface area contributed by atoms with Crippen LogP contribution in [0.25, 0.3) is 6.08 Å². The topological polar surface area (TPSA) is 107 Å². The number of ether oxygens (including phenoxy) is 1. The second-order valence-corrected chi connectivity index (χ2v) is 9.43. The van der Waals surface area contributed by atoms with E-state index in [9.17, 15) is 18.0 Å². The highest BCUT2D eigenvalue weighted by Crippen LogP contribution is 2.35. The number of imide groups is 1. The number of anilines is 1. The summed E-state index contributed by atoms with van der Waals surface area (Å²) in [5, 5.41) is -0.283. The molecule has 1 aliphatic rings. The molecule has 0 aromatic heterocycles. The Morgan fingerprint density at radius 3 is 2.33 bits per heavy atom. The Balaban J connectivity index is 0.000000505. The van der Waals surface area contributed by atoms with Crippen LogP contribution in [0.5, 0.6) is 5.75 Å². The van der Waals surface area contributed by atoms with Gasteiger partial charge in [-0.1, -0.05) is 15.9 Å². The molecule has 11 heteroatoms. The van der Waals surface area contributed by atoms with Crippen LogP contribution in [0.15, 0.2) is 21.5 Å². The zero-order valence-corrected chi connectivity index (χ0v) is 16.8. The molecule has 0 unspecified atom stereocenters. The van der Waals surface area contributed by atoms with Gasteiger partial charge in [0.25, 0.3) is 11.1 Å². The minimum Gasteiger partial charge on any atom is -0.495 e. The van der Waals surface area contributed by atoms with Gasteiger partial charge in [0.2, 0.25) is 9.05 Å². The Labute approximate surface area is 156 Å². The van der Waals surface area contributed by atoms with Crippen molar-refractivity contribution in [2.45, 2.75) is 0 Å². The van der Waals surface area contributed by atoms with Crippen molar-refractivity contribution in [3.8, 4) is 5.75 Å². The third kappa shape index (κ3) is 6.00. The molecule has 1 saturated heterocycles. The summed E-state index contributed by atoms with van der Waals surface area (Å²) in [4.78, 5) is 24.7. The molecule has 1 aliphatic heterocycles. The van der Waals surface area contributed by atoms with Crippen LogP contribution in [-0.2, 0) is 13.8 Å². The number of methoxy groups -OCH3 is 1. The molecule has 1 fully saturated rings. The van der Waals surface area contributed by atoms with E-state index in [4.69, 9.17) is 10.5 Å². The summed E-state index contributed by atoms with van der Waals surface area (Å²) in [7, 11) is 4.28. The Kier molecular flexibility index (Phi) is 7.14. The lowest BCUT2D eigenvalue weighted by atomic mass is 10.1. The smallest absolute Gasteiger partial charge is 0.293 e. The summed E-state index contributed by atoms with van der Waals surface area (Å²) < 4.78 is 24.7. The number of nitrogens with zero attached hydrogens (tertiary/aromatic N) is 1. The maximum absolute atomic E-state index is 11.8. The largest absolute Gasteiger partial charge is 0.495 e. The fraction of sp³-hybridized carbons (Fsp3) is 0.231. The molecule has 0 aliphatic carbocycles. The van der Waals surface area contributed by atoms with E-state index in [2.05, 4.69) is 26.6 Å². The molecule has 7 nitrogen and oxygen atoms in total. The standard InChI is InChI=1S/C12H11BrN2O3S.CH3ClO2S/c1-15-11(16)10(19-12(15)17)4-6-3-9(18-2)8(14)5-7(6)13;1-5(2,3)4/h3-5H,14H2,1-2H3;1H3/b10-4-;. The molecule has 2 amide bonds. The van der Waals surface area contributed by atoms with Gasteiger partial charge in [0.1, 0.15) is 5.75 Å². The predicted molar refractivity (Wildman–Crippen MR) is 99.5 cm³/mol. The fourth-order valence-corrected chi connectivity index (χ4v) is 2.85. The van der Waals surface area contributed by atoms with E-state index in [-0.39, 0.29) is 11.1 Å². The molecular weight excluding hydrogens is 444 g/mol. The van der Waals surface area contributed by atoms with E-state index in [1.54, 1.807) is 18.2 Å². The van der Waals surface area contributed by atoms with Crippen LogP contribution in [0, 0.1) is 0 Å². The molecule has 2 N–H and O–H groups in total. The van der Waals surface area contributed by atoms with E-state index in [1.807, 2.05) is 0 Å². The number of likely N-dealkylation sites (N-methyl/N-ethyl adjacent to an activating group) is 1. The number of hydrogen-bond donors (Lipinski definition) is 1. The fourth-order valence-electron chi connectivity index (χ4n) is 1.56. The molecule has 0 atom stereocenters. The molecule has 0 saturated carbocycles. The number of nitrogen functional groups attached to an aromatic ring is 1. The van der Waals surface area contributed by atoms with Crippen LogP contribution >= 0.6 is 38.4 Å². The van der Waals surface area contributed by atoms with Crippen LogP contribution in [0.3, 0.4) is 0 Å². The van der Waals surface area contributed by atoms with Crippen molar-refractivity contribution in [1.82, 2.24) is 4.90 Å². The van der Waals surface area contributed by atoms with Crippen LogP contribution in [0.2, 0.25) is 0 Å². The monoisotopic (exact) mass is 456 g/mol. The van der Waals surface area contributed by atoms with Crippen molar-refractivity contribution in [2.75, 3.05) is 26.1 Å². The number of rotatable bonds is 2. The van der Waals surface area contributed by atoms with Gasteiger partial charge in [0, 0.05) is 22.2 Å². The highest BCUT2D eigenvalue weighted by Gasteiger charge is 2.31. The molecule has 1 aromatic carbocycles. The average Bonchev–Trinajstić information content (AvgIpc) is 2.67. The summed E-state index contributed by atoms with van der Waals surface area (Å²) in [6.45, 7) is 0. The number of benzene rings is 1. The number of carbonyl (C=O) groups excluding carboxylic acids is 2. The Bertz CT molecular complexity index is 803. The minimum absolute atomic E-state index is 0.283. The highest BCUT2D eigenvalue weighted by molar-refractivity contribution is 9.10. The van der Waals surface area contributed by atoms with Crippen molar-refractivity contribution < 1.29 is 22.7 Å². The van der Waals surface area contributed by atoms with E-state index < -0.39 is 9.05 Å². The lowest BCUT2D eigenvalue weighted by Crippen LogP contribution is -2.22. The second kappa shape index (κ2) is 8.24. The van der Waals surface area contributed by atoms with E-state index in [0.717, 1.165) is 33.0 Å². The van der Waals surface area contributed by atoms with Gasteiger partial charge in [-0.3, -0.25) is 14.5 Å². The van der Waals surface area contributed by atoms with Crippen LogP contribution < -0.4 is 10.5 Å². The van der Waals surface area contributed by atoms with Crippen molar-refractivity contribution in [2.24, 2.45) is 0 Å². The lowest BCUT2D eigenvalue weighted by molar-refractivity contribution is -0.121. The first-order valence-corrected chi connectivity index (χ1v) is 10.5. The molecular formula is C13H14BrClN2O5S2. The highest BCUT2D eigenvalue weighted by atomic mass is 79.9. The van der Waals surface area contributed by atoms with Crippen molar-refractivity contribution >= 4 is 70.3 Å². The van der Waals surface area contributed by atoms with Crippen LogP contribution in [0.1, 0.15) is 5.56 Å². The summed E-state index contributed by atoms with van der Waals surface area (Å²) in [6.07, 6.45) is 2.56. The molecule has 2 rings (SSSR count). The van der Waals surface area contributed by atoms with Gasteiger partial charge in [0.15, 0.2) is 0 Å². The summed E-state index contributed by atoms with van der Waals surface area (Å²) in [5.74, 6) is 0.211. The normalized spacial score (nSPS) is 16.2. The van der Waals surface area contributed by atoms with Gasteiger partial charge >= 0.3 is 0 Å². The van der Waals surface area contributed by atoms with E-state index >= 15 is 0 Å². The Morgan fingerprint density at radius 1 is 1.38 bits per heavy atom. The van der Waals surface area contributed by atoms with Crippen molar-refractivity contribution in [1.29, 1.82) is 0 Å².